The minimum absolute atomic E-state index is 0.115. The van der Waals surface area contributed by atoms with Gasteiger partial charge in [0.05, 0.1) is 16.1 Å². The van der Waals surface area contributed by atoms with Gasteiger partial charge in [0.2, 0.25) is 0 Å². The zero-order valence-corrected chi connectivity index (χ0v) is 11.5. The number of halogens is 2. The van der Waals surface area contributed by atoms with E-state index in [0.29, 0.717) is 12.2 Å². The van der Waals surface area contributed by atoms with Gasteiger partial charge in [0.15, 0.2) is 0 Å². The summed E-state index contributed by atoms with van der Waals surface area (Å²) in [4.78, 5) is -0.115. The number of hydrogen-bond acceptors (Lipinski definition) is 3. The van der Waals surface area contributed by atoms with Gasteiger partial charge in [0, 0.05) is 5.56 Å². The predicted octanol–water partition coefficient (Wildman–Crippen LogP) is 2.57. The number of aryl methyl sites for hydroxylation is 1. The average Bonchev–Trinajstić information content (AvgIpc) is 2.79. The van der Waals surface area contributed by atoms with E-state index in [1.54, 1.807) is 0 Å². The Morgan fingerprint density at radius 2 is 2.21 bits per heavy atom. The number of benzene rings is 1. The molecule has 0 unspecified atom stereocenters. The molecule has 102 valence electrons. The molecule has 0 spiro atoms. The molecule has 0 fully saturated rings. The maximum absolute atomic E-state index is 13.0. The Bertz CT molecular complexity index is 700. The zero-order chi connectivity index (χ0) is 14.0. The molecule has 0 saturated heterocycles. The van der Waals surface area contributed by atoms with E-state index in [1.807, 2.05) is 6.92 Å². The molecular weight excluding hydrogens is 293 g/mol. The van der Waals surface area contributed by atoms with E-state index in [0.717, 1.165) is 23.8 Å². The van der Waals surface area contributed by atoms with Crippen molar-refractivity contribution in [3.05, 3.63) is 40.8 Å². The smallest absolute Gasteiger partial charge is 0.263 e. The molecule has 0 aliphatic heterocycles. The second kappa shape index (κ2) is 5.18. The molecule has 8 heteroatoms. The number of rotatable bonds is 4. The second-order valence-electron chi connectivity index (χ2n) is 3.81. The van der Waals surface area contributed by atoms with Crippen molar-refractivity contribution in [1.29, 1.82) is 0 Å². The van der Waals surface area contributed by atoms with Crippen molar-refractivity contribution < 1.29 is 12.8 Å². The number of sulfonamides is 1. The van der Waals surface area contributed by atoms with E-state index in [1.165, 1.54) is 6.20 Å². The standard InChI is InChI=1S/C11H11ClFN3O2S/c1-2-7-6-14-15-11(7)16-19(17,18)8-3-4-10(13)9(12)5-8/h3-6H,2H2,1H3,(H2,14,15,16). The number of nitrogens with one attached hydrogen (secondary N) is 2. The summed E-state index contributed by atoms with van der Waals surface area (Å²) in [6.07, 6.45) is 2.16. The largest absolute Gasteiger partial charge is 0.264 e. The molecule has 2 rings (SSSR count). The first-order chi connectivity index (χ1) is 8.94. The van der Waals surface area contributed by atoms with Crippen LogP contribution in [0.3, 0.4) is 0 Å². The molecule has 0 radical (unpaired) electrons. The lowest BCUT2D eigenvalue weighted by molar-refractivity contribution is 0.599. The van der Waals surface area contributed by atoms with Gasteiger partial charge in [-0.05, 0) is 24.6 Å². The number of anilines is 1. The topological polar surface area (TPSA) is 74.8 Å². The molecule has 1 aromatic carbocycles. The van der Waals surface area contributed by atoms with Gasteiger partial charge in [-0.25, -0.2) is 12.8 Å². The number of nitrogens with zero attached hydrogens (tertiary/aromatic N) is 1. The SMILES string of the molecule is CCc1cn[nH]c1NS(=O)(=O)c1ccc(F)c(Cl)c1. The Balaban J connectivity index is 2.35. The van der Waals surface area contributed by atoms with Crippen LogP contribution in [0.15, 0.2) is 29.3 Å². The van der Waals surface area contributed by atoms with E-state index in [2.05, 4.69) is 14.9 Å². The fraction of sp³-hybridized carbons (Fsp3) is 0.182. The zero-order valence-electron chi connectivity index (χ0n) is 9.94. The first-order valence-electron chi connectivity index (χ1n) is 5.44. The average molecular weight is 304 g/mol. The third kappa shape index (κ3) is 2.87. The van der Waals surface area contributed by atoms with Crippen LogP contribution in [0.2, 0.25) is 5.02 Å². The van der Waals surface area contributed by atoms with Crippen LogP contribution in [0, 0.1) is 5.82 Å². The quantitative estimate of drug-likeness (QED) is 0.911. The van der Waals surface area contributed by atoms with Gasteiger partial charge in [0.1, 0.15) is 11.6 Å². The predicted molar refractivity (Wildman–Crippen MR) is 70.2 cm³/mol. The van der Waals surface area contributed by atoms with Crippen molar-refractivity contribution in [1.82, 2.24) is 10.2 Å². The van der Waals surface area contributed by atoms with E-state index < -0.39 is 15.8 Å². The van der Waals surface area contributed by atoms with Crippen LogP contribution in [0.25, 0.3) is 0 Å². The summed E-state index contributed by atoms with van der Waals surface area (Å²) in [5, 5.41) is 6.08. The third-order valence-electron chi connectivity index (χ3n) is 2.54. The van der Waals surface area contributed by atoms with Gasteiger partial charge >= 0.3 is 0 Å². The molecule has 5 nitrogen and oxygen atoms in total. The first-order valence-corrected chi connectivity index (χ1v) is 7.30. The van der Waals surface area contributed by atoms with Crippen LogP contribution in [0.5, 0.6) is 0 Å². The van der Waals surface area contributed by atoms with E-state index in [4.69, 9.17) is 11.6 Å². The fourth-order valence-electron chi connectivity index (χ4n) is 1.50. The van der Waals surface area contributed by atoms with Crippen molar-refractivity contribution in [3.8, 4) is 0 Å². The normalized spacial score (nSPS) is 11.5. The van der Waals surface area contributed by atoms with Gasteiger partial charge in [0.25, 0.3) is 10.0 Å². The Kier molecular flexibility index (Phi) is 3.77. The van der Waals surface area contributed by atoms with Crippen molar-refractivity contribution in [2.75, 3.05) is 4.72 Å². The van der Waals surface area contributed by atoms with E-state index in [9.17, 15) is 12.8 Å². The molecule has 0 saturated carbocycles. The highest BCUT2D eigenvalue weighted by molar-refractivity contribution is 7.92. The maximum atomic E-state index is 13.0. The second-order valence-corrected chi connectivity index (χ2v) is 5.89. The Morgan fingerprint density at radius 1 is 1.47 bits per heavy atom. The van der Waals surface area contributed by atoms with Gasteiger partial charge in [-0.1, -0.05) is 18.5 Å². The summed E-state index contributed by atoms with van der Waals surface area (Å²) in [5.41, 5.74) is 0.733. The number of aromatic amines is 1. The monoisotopic (exact) mass is 303 g/mol. The van der Waals surface area contributed by atoms with Crippen molar-refractivity contribution in [2.24, 2.45) is 0 Å². The molecule has 0 aliphatic carbocycles. The summed E-state index contributed by atoms with van der Waals surface area (Å²) in [6.45, 7) is 1.87. The minimum atomic E-state index is -3.83. The van der Waals surface area contributed by atoms with Crippen molar-refractivity contribution in [3.63, 3.8) is 0 Å². The lowest BCUT2D eigenvalue weighted by Gasteiger charge is -2.08. The van der Waals surface area contributed by atoms with Crippen LogP contribution in [0.1, 0.15) is 12.5 Å². The number of hydrogen-bond donors (Lipinski definition) is 2. The van der Waals surface area contributed by atoms with Crippen LogP contribution in [-0.2, 0) is 16.4 Å². The molecule has 0 atom stereocenters. The van der Waals surface area contributed by atoms with E-state index >= 15 is 0 Å². The molecular formula is C11H11ClFN3O2S. The minimum Gasteiger partial charge on any atom is -0.264 e. The maximum Gasteiger partial charge on any atom is 0.263 e. The highest BCUT2D eigenvalue weighted by Gasteiger charge is 2.18. The molecule has 2 N–H and O–H groups in total. The summed E-state index contributed by atoms with van der Waals surface area (Å²) in [6, 6.07) is 3.21. The lowest BCUT2D eigenvalue weighted by atomic mass is 10.3. The van der Waals surface area contributed by atoms with Crippen molar-refractivity contribution in [2.45, 2.75) is 18.2 Å². The highest BCUT2D eigenvalue weighted by atomic mass is 35.5. The van der Waals surface area contributed by atoms with Crippen LogP contribution >= 0.6 is 11.6 Å². The summed E-state index contributed by atoms with van der Waals surface area (Å²) >= 11 is 5.57. The van der Waals surface area contributed by atoms with Gasteiger partial charge in [-0.3, -0.25) is 9.82 Å². The van der Waals surface area contributed by atoms with Crippen LogP contribution in [-0.4, -0.2) is 18.6 Å². The van der Waals surface area contributed by atoms with Gasteiger partial charge in [-0.15, -0.1) is 0 Å². The van der Waals surface area contributed by atoms with Gasteiger partial charge < -0.3 is 0 Å². The summed E-state index contributed by atoms with van der Waals surface area (Å²) < 4.78 is 39.6. The molecule has 19 heavy (non-hydrogen) atoms. The van der Waals surface area contributed by atoms with E-state index in [-0.39, 0.29) is 9.92 Å². The Hall–Kier alpha value is -1.60. The first kappa shape index (κ1) is 13.8. The van der Waals surface area contributed by atoms with Crippen LogP contribution in [0.4, 0.5) is 10.2 Å². The molecule has 0 amide bonds. The highest BCUT2D eigenvalue weighted by Crippen LogP contribution is 2.22. The molecule has 0 bridgehead atoms. The Morgan fingerprint density at radius 3 is 2.84 bits per heavy atom. The molecule has 2 aromatic rings. The number of H-pyrrole nitrogens is 1. The third-order valence-corrected chi connectivity index (χ3v) is 4.17. The summed E-state index contributed by atoms with van der Waals surface area (Å²) in [7, 11) is -3.83. The Labute approximate surface area is 114 Å². The van der Waals surface area contributed by atoms with Crippen LogP contribution < -0.4 is 4.72 Å². The van der Waals surface area contributed by atoms with Gasteiger partial charge in [-0.2, -0.15) is 5.10 Å². The summed E-state index contributed by atoms with van der Waals surface area (Å²) in [5.74, 6) is -0.376. The lowest BCUT2D eigenvalue weighted by Crippen LogP contribution is -2.14. The molecule has 1 aromatic heterocycles. The van der Waals surface area contributed by atoms with Crippen molar-refractivity contribution >= 4 is 27.4 Å². The fourth-order valence-corrected chi connectivity index (χ4v) is 2.83. The molecule has 0 aliphatic rings. The molecule has 1 heterocycles. The number of aromatic nitrogens is 2.